The molecule has 0 saturated carbocycles. The van der Waals surface area contributed by atoms with Gasteiger partial charge in [0.2, 0.25) is 0 Å². The summed E-state index contributed by atoms with van der Waals surface area (Å²) in [6.07, 6.45) is 2.49. The maximum atomic E-state index is 12.2. The number of carbonyl (C=O) groups excluding carboxylic acids is 1. The molecule has 1 unspecified atom stereocenters. The third-order valence-electron chi connectivity index (χ3n) is 3.61. The highest BCUT2D eigenvalue weighted by molar-refractivity contribution is 5.98. The van der Waals surface area contributed by atoms with Crippen molar-refractivity contribution >= 4 is 5.78 Å². The van der Waals surface area contributed by atoms with E-state index in [0.717, 1.165) is 37.1 Å². The van der Waals surface area contributed by atoms with Gasteiger partial charge in [0, 0.05) is 19.2 Å². The van der Waals surface area contributed by atoms with E-state index in [1.165, 1.54) is 0 Å². The molecule has 0 radical (unpaired) electrons. The number of methoxy groups -OCH3 is 1. The highest BCUT2D eigenvalue weighted by Crippen LogP contribution is 2.14. The molecule has 0 bridgehead atoms. The second-order valence-corrected chi connectivity index (χ2v) is 4.97. The molecule has 98 valence electrons. The number of rotatable bonds is 4. The fraction of sp³-hybridized carbons (Fsp3) is 0.533. The number of likely N-dealkylation sites (tertiary alicyclic amines) is 1. The molecule has 1 aromatic rings. The van der Waals surface area contributed by atoms with E-state index in [1.807, 2.05) is 31.2 Å². The van der Waals surface area contributed by atoms with Gasteiger partial charge in [-0.15, -0.1) is 0 Å². The number of benzene rings is 1. The molecular weight excluding hydrogens is 226 g/mol. The van der Waals surface area contributed by atoms with Crippen LogP contribution in [0.2, 0.25) is 0 Å². The van der Waals surface area contributed by atoms with Crippen molar-refractivity contribution in [1.82, 2.24) is 4.90 Å². The van der Waals surface area contributed by atoms with Gasteiger partial charge in [-0.3, -0.25) is 9.69 Å². The number of ketones is 1. The van der Waals surface area contributed by atoms with Crippen LogP contribution in [-0.2, 0) is 4.74 Å². The van der Waals surface area contributed by atoms with Gasteiger partial charge in [0.25, 0.3) is 0 Å². The van der Waals surface area contributed by atoms with Crippen LogP contribution in [0.25, 0.3) is 0 Å². The lowest BCUT2D eigenvalue weighted by Crippen LogP contribution is -2.41. The summed E-state index contributed by atoms with van der Waals surface area (Å²) in [5.74, 6) is 0.213. The van der Waals surface area contributed by atoms with E-state index in [2.05, 4.69) is 4.90 Å². The summed E-state index contributed by atoms with van der Waals surface area (Å²) in [7, 11) is 1.75. The predicted octanol–water partition coefficient (Wildman–Crippen LogP) is 2.29. The van der Waals surface area contributed by atoms with Crippen molar-refractivity contribution in [2.24, 2.45) is 0 Å². The lowest BCUT2D eigenvalue weighted by atomic mass is 10.0. The second-order valence-electron chi connectivity index (χ2n) is 4.97. The fourth-order valence-corrected chi connectivity index (χ4v) is 2.52. The van der Waals surface area contributed by atoms with E-state index >= 15 is 0 Å². The molecule has 1 saturated heterocycles. The SMILES string of the molecule is COC1CCCN(CC(=O)c2ccccc2C)C1. The van der Waals surface area contributed by atoms with Gasteiger partial charge in [0.05, 0.1) is 12.6 Å². The van der Waals surface area contributed by atoms with Gasteiger partial charge >= 0.3 is 0 Å². The molecule has 2 rings (SSSR count). The average Bonchev–Trinajstić information content (AvgIpc) is 2.39. The van der Waals surface area contributed by atoms with Gasteiger partial charge < -0.3 is 4.74 Å². The van der Waals surface area contributed by atoms with Crippen molar-refractivity contribution in [2.45, 2.75) is 25.9 Å². The van der Waals surface area contributed by atoms with Gasteiger partial charge in [0.15, 0.2) is 5.78 Å². The van der Waals surface area contributed by atoms with Crippen molar-refractivity contribution < 1.29 is 9.53 Å². The topological polar surface area (TPSA) is 29.5 Å². The van der Waals surface area contributed by atoms with Crippen molar-refractivity contribution in [3.05, 3.63) is 35.4 Å². The molecule has 3 nitrogen and oxygen atoms in total. The quantitative estimate of drug-likeness (QED) is 0.765. The number of hydrogen-bond acceptors (Lipinski definition) is 3. The van der Waals surface area contributed by atoms with Gasteiger partial charge in [-0.25, -0.2) is 0 Å². The Kier molecular flexibility index (Phi) is 4.50. The van der Waals surface area contributed by atoms with Crippen LogP contribution in [-0.4, -0.2) is 43.5 Å². The van der Waals surface area contributed by atoms with Crippen molar-refractivity contribution in [3.63, 3.8) is 0 Å². The molecule has 0 N–H and O–H groups in total. The highest BCUT2D eigenvalue weighted by Gasteiger charge is 2.21. The summed E-state index contributed by atoms with van der Waals surface area (Å²) >= 11 is 0. The van der Waals surface area contributed by atoms with Gasteiger partial charge in [-0.2, -0.15) is 0 Å². The third-order valence-corrected chi connectivity index (χ3v) is 3.61. The van der Waals surface area contributed by atoms with E-state index in [4.69, 9.17) is 4.74 Å². The summed E-state index contributed by atoms with van der Waals surface area (Å²) in [6.45, 7) is 4.36. The predicted molar refractivity (Wildman–Crippen MR) is 72.0 cm³/mol. The first kappa shape index (κ1) is 13.2. The lowest BCUT2D eigenvalue weighted by Gasteiger charge is -2.31. The number of Topliss-reactive ketones (excluding diaryl/α,β-unsaturated/α-hetero) is 1. The lowest BCUT2D eigenvalue weighted by molar-refractivity contribution is 0.0314. The highest BCUT2D eigenvalue weighted by atomic mass is 16.5. The fourth-order valence-electron chi connectivity index (χ4n) is 2.52. The minimum absolute atomic E-state index is 0.213. The maximum absolute atomic E-state index is 12.2. The first-order chi connectivity index (χ1) is 8.70. The Morgan fingerprint density at radius 3 is 2.94 bits per heavy atom. The summed E-state index contributed by atoms with van der Waals surface area (Å²) in [5, 5.41) is 0. The average molecular weight is 247 g/mol. The Labute approximate surface area is 109 Å². The molecule has 1 fully saturated rings. The molecule has 1 aliphatic rings. The molecule has 1 aliphatic heterocycles. The molecule has 0 aromatic heterocycles. The largest absolute Gasteiger partial charge is 0.380 e. The zero-order chi connectivity index (χ0) is 13.0. The van der Waals surface area contributed by atoms with E-state index in [-0.39, 0.29) is 11.9 Å². The molecular formula is C15H21NO2. The molecule has 0 spiro atoms. The van der Waals surface area contributed by atoms with Crippen molar-refractivity contribution in [2.75, 3.05) is 26.7 Å². The minimum Gasteiger partial charge on any atom is -0.380 e. The first-order valence-electron chi connectivity index (χ1n) is 6.54. The third kappa shape index (κ3) is 3.18. The Morgan fingerprint density at radius 2 is 2.22 bits per heavy atom. The molecule has 1 heterocycles. The van der Waals surface area contributed by atoms with E-state index < -0.39 is 0 Å². The van der Waals surface area contributed by atoms with Crippen LogP contribution >= 0.6 is 0 Å². The molecule has 1 aromatic carbocycles. The van der Waals surface area contributed by atoms with Crippen molar-refractivity contribution in [1.29, 1.82) is 0 Å². The molecule has 18 heavy (non-hydrogen) atoms. The van der Waals surface area contributed by atoms with Crippen LogP contribution < -0.4 is 0 Å². The smallest absolute Gasteiger partial charge is 0.177 e. The van der Waals surface area contributed by atoms with Gasteiger partial charge in [-0.05, 0) is 31.9 Å². The maximum Gasteiger partial charge on any atom is 0.177 e. The Bertz CT molecular complexity index is 417. The molecule has 0 amide bonds. The molecule has 1 atom stereocenters. The standard InChI is InChI=1S/C15H21NO2/c1-12-6-3-4-8-14(12)15(17)11-16-9-5-7-13(10-16)18-2/h3-4,6,8,13H,5,7,9-11H2,1-2H3. The van der Waals surface area contributed by atoms with Crippen LogP contribution in [0.5, 0.6) is 0 Å². The van der Waals surface area contributed by atoms with E-state index in [1.54, 1.807) is 7.11 Å². The monoisotopic (exact) mass is 247 g/mol. The summed E-state index contributed by atoms with van der Waals surface area (Å²) in [6, 6.07) is 7.79. The van der Waals surface area contributed by atoms with Crippen LogP contribution in [0.4, 0.5) is 0 Å². The number of nitrogens with zero attached hydrogens (tertiary/aromatic N) is 1. The Hall–Kier alpha value is -1.19. The molecule has 3 heteroatoms. The second kappa shape index (κ2) is 6.12. The van der Waals surface area contributed by atoms with Crippen LogP contribution in [0.1, 0.15) is 28.8 Å². The Balaban J connectivity index is 1.97. The van der Waals surface area contributed by atoms with E-state index in [0.29, 0.717) is 6.54 Å². The van der Waals surface area contributed by atoms with Gasteiger partial charge in [0.1, 0.15) is 0 Å². The summed E-state index contributed by atoms with van der Waals surface area (Å²) in [4.78, 5) is 14.4. The zero-order valence-corrected chi connectivity index (χ0v) is 11.2. The van der Waals surface area contributed by atoms with Crippen molar-refractivity contribution in [3.8, 4) is 0 Å². The first-order valence-corrected chi connectivity index (χ1v) is 6.54. The molecule has 0 aliphatic carbocycles. The van der Waals surface area contributed by atoms with E-state index in [9.17, 15) is 4.79 Å². The summed E-state index contributed by atoms with van der Waals surface area (Å²) < 4.78 is 5.38. The zero-order valence-electron chi connectivity index (χ0n) is 11.2. The number of hydrogen-bond donors (Lipinski definition) is 0. The normalized spacial score (nSPS) is 20.9. The van der Waals surface area contributed by atoms with Gasteiger partial charge in [-0.1, -0.05) is 24.3 Å². The van der Waals surface area contributed by atoms with Crippen LogP contribution in [0, 0.1) is 6.92 Å². The van der Waals surface area contributed by atoms with Crippen LogP contribution in [0.15, 0.2) is 24.3 Å². The number of carbonyl (C=O) groups is 1. The Morgan fingerprint density at radius 1 is 1.44 bits per heavy atom. The number of piperidine rings is 1. The number of ether oxygens (including phenoxy) is 1. The number of aryl methyl sites for hydroxylation is 1. The summed E-state index contributed by atoms with van der Waals surface area (Å²) in [5.41, 5.74) is 1.90. The minimum atomic E-state index is 0.213. The van der Waals surface area contributed by atoms with Crippen LogP contribution in [0.3, 0.4) is 0 Å².